The first kappa shape index (κ1) is 28.6. The van der Waals surface area contributed by atoms with Crippen LogP contribution in [0.5, 0.6) is 0 Å². The van der Waals surface area contributed by atoms with Gasteiger partial charge in [-0.3, -0.25) is 0 Å². The second kappa shape index (κ2) is 11.8. The van der Waals surface area contributed by atoms with E-state index in [2.05, 4.69) is 146 Å². The van der Waals surface area contributed by atoms with Crippen LogP contribution in [0.4, 0.5) is 0 Å². The van der Waals surface area contributed by atoms with Gasteiger partial charge in [0, 0.05) is 5.54 Å². The molecule has 4 heteroatoms. The Kier molecular flexibility index (Phi) is 7.37. The molecule has 1 radical (unpaired) electrons. The third kappa shape index (κ3) is 4.70. The molecule has 1 aromatic heterocycles. The molecule has 7 aromatic carbocycles. The largest absolute Gasteiger partial charge is 2.00 e. The number of fused-ring (bicyclic) bond motifs is 6. The summed E-state index contributed by atoms with van der Waals surface area (Å²) in [6.45, 7) is 0. The summed E-state index contributed by atoms with van der Waals surface area (Å²) in [4.78, 5) is 5.33. The van der Waals surface area contributed by atoms with E-state index >= 15 is 0 Å². The molecular weight excluding hydrogens is 758 g/mol. The van der Waals surface area contributed by atoms with E-state index in [1.165, 1.54) is 32.6 Å². The van der Waals surface area contributed by atoms with E-state index in [4.69, 9.17) is 9.40 Å². The van der Waals surface area contributed by atoms with Crippen molar-refractivity contribution in [1.29, 1.82) is 0 Å². The molecule has 0 amide bonds. The van der Waals surface area contributed by atoms with Crippen molar-refractivity contribution in [3.8, 4) is 33.7 Å². The van der Waals surface area contributed by atoms with Crippen LogP contribution < -0.4 is 10.4 Å². The van der Waals surface area contributed by atoms with Crippen LogP contribution in [0.2, 0.25) is 0 Å². The topological polar surface area (TPSA) is 26.0 Å². The zero-order valence-electron chi connectivity index (χ0n) is 24.7. The van der Waals surface area contributed by atoms with Gasteiger partial charge >= 0.3 is 21.1 Å². The van der Waals surface area contributed by atoms with E-state index in [-0.39, 0.29) is 26.6 Å². The Labute approximate surface area is 284 Å². The van der Waals surface area contributed by atoms with Gasteiger partial charge in [-0.15, -0.1) is 17.5 Å². The molecule has 1 aliphatic carbocycles. The fraction of sp³-hybridized carbons (Fsp3) is 0.0238. The predicted molar refractivity (Wildman–Crippen MR) is 185 cm³/mol. The van der Waals surface area contributed by atoms with Gasteiger partial charge in [0.25, 0.3) is 0 Å². The average molecular weight is 784 g/mol. The molecule has 9 rings (SSSR count). The maximum absolute atomic E-state index is 6.64. The third-order valence-electron chi connectivity index (χ3n) is 8.92. The monoisotopic (exact) mass is 783 g/mol. The van der Waals surface area contributed by atoms with Gasteiger partial charge in [-0.2, -0.15) is 42.0 Å². The molecule has 2 nitrogen and oxygen atoms in total. The van der Waals surface area contributed by atoms with Crippen molar-refractivity contribution in [3.05, 3.63) is 175 Å². The Morgan fingerprint density at radius 1 is 0.587 bits per heavy atom. The molecule has 0 fully saturated rings. The van der Waals surface area contributed by atoms with E-state index < -0.39 is 8.80 Å². The first-order valence-electron chi connectivity index (χ1n) is 15.3. The minimum atomic E-state index is -1.31. The smallest absolute Gasteiger partial charge is 0.443 e. The fourth-order valence-corrected chi connectivity index (χ4v) is 10.2. The van der Waals surface area contributed by atoms with E-state index in [0.717, 1.165) is 38.6 Å². The molecule has 1 unspecified atom stereocenters. The first-order chi connectivity index (χ1) is 22.3. The van der Waals surface area contributed by atoms with Crippen LogP contribution in [0.1, 0.15) is 16.7 Å². The van der Waals surface area contributed by atoms with Gasteiger partial charge in [-0.05, 0) is 33.9 Å². The molecule has 0 N–H and O–H groups in total. The molecular formula is C42H26NOPtSi. The predicted octanol–water partition coefficient (Wildman–Crippen LogP) is 8.87. The number of rotatable bonds is 5. The Balaban J connectivity index is 0.00000312. The summed E-state index contributed by atoms with van der Waals surface area (Å²) in [6, 6.07) is 60.9. The minimum absolute atomic E-state index is 0. The van der Waals surface area contributed by atoms with Gasteiger partial charge in [0.1, 0.15) is 14.3 Å². The number of aromatic nitrogens is 1. The summed E-state index contributed by atoms with van der Waals surface area (Å²) in [5.41, 5.74) is 10.1. The molecule has 0 saturated carbocycles. The molecule has 1 atom stereocenters. The standard InChI is InChI=1S/C42H26NOSi.Pt/c1-4-13-28(14-5-1)30-24-23-29-15-12-22-36(37(29)27-30)42-43-40-38(44-42)26-25-34-33-20-10-11-21-35(33)41(39(34)40)45(31-16-6-2-7-17-31)32-18-8-3-9-19-32;/h1-13,15-26,41H;/q-2;+2. The van der Waals surface area contributed by atoms with Gasteiger partial charge in [-0.1, -0.05) is 125 Å². The summed E-state index contributed by atoms with van der Waals surface area (Å²) in [6.07, 6.45) is 0. The van der Waals surface area contributed by atoms with Gasteiger partial charge in [0.15, 0.2) is 11.5 Å². The van der Waals surface area contributed by atoms with Crippen LogP contribution in [-0.2, 0) is 21.1 Å². The molecule has 0 spiro atoms. The van der Waals surface area contributed by atoms with Crippen molar-refractivity contribution >= 4 is 41.0 Å². The molecule has 219 valence electrons. The Hall–Kier alpha value is -4.82. The number of nitrogens with zero attached hydrogens (tertiary/aromatic N) is 1. The van der Waals surface area contributed by atoms with E-state index in [1.54, 1.807) is 0 Å². The van der Waals surface area contributed by atoms with Gasteiger partial charge in [-0.25, -0.2) is 10.5 Å². The van der Waals surface area contributed by atoms with E-state index in [9.17, 15) is 0 Å². The van der Waals surface area contributed by atoms with Gasteiger partial charge < -0.3 is 4.42 Å². The van der Waals surface area contributed by atoms with Crippen molar-refractivity contribution in [3.63, 3.8) is 0 Å². The molecule has 1 heterocycles. The number of oxazole rings is 1. The van der Waals surface area contributed by atoms with Crippen LogP contribution in [-0.4, -0.2) is 13.8 Å². The molecule has 46 heavy (non-hydrogen) atoms. The normalized spacial score (nSPS) is 13.5. The van der Waals surface area contributed by atoms with Crippen molar-refractivity contribution in [1.82, 2.24) is 4.98 Å². The average Bonchev–Trinajstić information content (AvgIpc) is 3.69. The van der Waals surface area contributed by atoms with Crippen LogP contribution in [0.3, 0.4) is 0 Å². The maximum atomic E-state index is 6.64. The quantitative estimate of drug-likeness (QED) is 0.129. The van der Waals surface area contributed by atoms with Gasteiger partial charge in [0.2, 0.25) is 0 Å². The van der Waals surface area contributed by atoms with Crippen LogP contribution in [0, 0.1) is 12.1 Å². The summed E-state index contributed by atoms with van der Waals surface area (Å²) >= 11 is 0. The Bertz CT molecular complexity index is 2290. The maximum Gasteiger partial charge on any atom is 2.00 e. The third-order valence-corrected chi connectivity index (χ3v) is 12.0. The van der Waals surface area contributed by atoms with Crippen LogP contribution in [0.25, 0.3) is 55.6 Å². The minimum Gasteiger partial charge on any atom is -0.443 e. The summed E-state index contributed by atoms with van der Waals surface area (Å²) in [5.74, 6) is 0.623. The number of hydrogen-bond donors (Lipinski definition) is 0. The van der Waals surface area contributed by atoms with Crippen LogP contribution in [0.15, 0.2) is 156 Å². The van der Waals surface area contributed by atoms with Gasteiger partial charge in [0.05, 0.1) is 0 Å². The molecule has 1 aliphatic rings. The fourth-order valence-electron chi connectivity index (χ4n) is 6.94. The summed E-state index contributed by atoms with van der Waals surface area (Å²) in [5, 5.41) is 4.86. The zero-order chi connectivity index (χ0) is 29.7. The Morgan fingerprint density at radius 2 is 1.30 bits per heavy atom. The van der Waals surface area contributed by atoms with Crippen molar-refractivity contribution in [2.45, 2.75) is 5.54 Å². The molecule has 0 aliphatic heterocycles. The second-order valence-corrected chi connectivity index (χ2v) is 14.0. The zero-order valence-corrected chi connectivity index (χ0v) is 28.0. The molecule has 0 saturated heterocycles. The van der Waals surface area contributed by atoms with E-state index in [1.807, 2.05) is 18.2 Å². The Morgan fingerprint density at radius 3 is 2.07 bits per heavy atom. The molecule has 0 bridgehead atoms. The van der Waals surface area contributed by atoms with Crippen molar-refractivity contribution in [2.75, 3.05) is 0 Å². The van der Waals surface area contributed by atoms with Crippen LogP contribution >= 0.6 is 0 Å². The number of benzene rings is 7. The first-order valence-corrected chi connectivity index (χ1v) is 16.8. The van der Waals surface area contributed by atoms with Crippen molar-refractivity contribution < 1.29 is 25.5 Å². The summed E-state index contributed by atoms with van der Waals surface area (Å²) < 4.78 is 6.64. The second-order valence-electron chi connectivity index (χ2n) is 11.5. The SMILES string of the molecule is [Pt+2].[c-]1ccccc1-c1[c-]c2c(-c3nc4c5c(ccc4o3)-c3ccccc3C5[Si](c3ccccc3)c3ccccc3)cccc2cc1. The van der Waals surface area contributed by atoms with Crippen molar-refractivity contribution in [2.24, 2.45) is 0 Å². The van der Waals surface area contributed by atoms with E-state index in [0.29, 0.717) is 5.89 Å². The molecule has 8 aromatic rings. The number of hydrogen-bond acceptors (Lipinski definition) is 2. The summed E-state index contributed by atoms with van der Waals surface area (Å²) in [7, 11) is -1.31.